The molecule has 0 aliphatic carbocycles. The molecule has 1 amide bonds. The summed E-state index contributed by atoms with van der Waals surface area (Å²) in [5.74, 6) is 5.06. The van der Waals surface area contributed by atoms with Crippen LogP contribution < -0.4 is 16.2 Å². The number of hydrogen-bond donors (Lipinski definition) is 2. The normalized spacial score (nSPS) is 13.9. The number of anilines is 1. The Labute approximate surface area is 117 Å². The molecule has 1 aliphatic rings. The van der Waals surface area contributed by atoms with Crippen molar-refractivity contribution >= 4 is 11.6 Å². The average Bonchev–Trinajstić information content (AvgIpc) is 2.95. The zero-order valence-electron chi connectivity index (χ0n) is 11.1. The summed E-state index contributed by atoms with van der Waals surface area (Å²) in [4.78, 5) is 13.9. The first kappa shape index (κ1) is 12.7. The number of benzene rings is 1. The molecular weight excluding hydrogens is 254 g/mol. The van der Waals surface area contributed by atoms with E-state index in [4.69, 9.17) is 10.3 Å². The van der Waals surface area contributed by atoms with Crippen molar-refractivity contribution in [3.05, 3.63) is 53.5 Å². The summed E-state index contributed by atoms with van der Waals surface area (Å²) >= 11 is 0. The smallest absolute Gasteiger partial charge is 0.301 e. The number of fused-ring (bicyclic) bond motifs is 1. The highest BCUT2D eigenvalue weighted by atomic mass is 16.3. The Kier molecular flexibility index (Phi) is 3.43. The van der Waals surface area contributed by atoms with Crippen molar-refractivity contribution in [3.8, 4) is 0 Å². The van der Waals surface area contributed by atoms with Crippen molar-refractivity contribution in [3.63, 3.8) is 0 Å². The summed E-state index contributed by atoms with van der Waals surface area (Å²) in [6, 6.07) is 10.2. The molecule has 0 spiro atoms. The molecule has 1 aromatic carbocycles. The minimum absolute atomic E-state index is 0.288. The Morgan fingerprint density at radius 3 is 3.05 bits per heavy atom. The third kappa shape index (κ3) is 2.28. The number of hydrazine groups is 1. The number of carbonyl (C=O) groups is 1. The Hall–Kier alpha value is -2.27. The maximum Gasteiger partial charge on any atom is 0.301 e. The molecule has 20 heavy (non-hydrogen) atoms. The number of nitrogens with zero attached hydrogens (tertiary/aromatic N) is 1. The topological polar surface area (TPSA) is 71.5 Å². The number of nitrogens with two attached hydrogens (primary N) is 1. The van der Waals surface area contributed by atoms with E-state index in [-0.39, 0.29) is 5.76 Å². The molecule has 2 heterocycles. The van der Waals surface area contributed by atoms with Crippen LogP contribution in [0.3, 0.4) is 0 Å². The highest BCUT2D eigenvalue weighted by molar-refractivity contribution is 5.92. The molecule has 1 aliphatic heterocycles. The Morgan fingerprint density at radius 2 is 2.20 bits per heavy atom. The molecule has 3 N–H and O–H groups in total. The number of para-hydroxylation sites is 1. The molecule has 0 saturated carbocycles. The first-order valence-corrected chi connectivity index (χ1v) is 6.70. The van der Waals surface area contributed by atoms with Gasteiger partial charge in [0.25, 0.3) is 0 Å². The van der Waals surface area contributed by atoms with Gasteiger partial charge in [-0.25, -0.2) is 5.84 Å². The molecule has 0 bridgehead atoms. The van der Waals surface area contributed by atoms with Gasteiger partial charge < -0.3 is 9.32 Å². The predicted molar refractivity (Wildman–Crippen MR) is 76.2 cm³/mol. The van der Waals surface area contributed by atoms with Gasteiger partial charge in [-0.3, -0.25) is 10.2 Å². The van der Waals surface area contributed by atoms with Crippen LogP contribution in [0.5, 0.6) is 0 Å². The number of nitrogens with one attached hydrogen (secondary N) is 1. The van der Waals surface area contributed by atoms with Crippen molar-refractivity contribution in [2.75, 3.05) is 11.4 Å². The second-order valence-electron chi connectivity index (χ2n) is 4.90. The number of aryl methyl sites for hydroxylation is 1. The molecule has 1 aromatic heterocycles. The summed E-state index contributed by atoms with van der Waals surface area (Å²) in [5.41, 5.74) is 5.55. The van der Waals surface area contributed by atoms with Crippen LogP contribution in [0, 0.1) is 0 Å². The molecule has 0 unspecified atom stereocenters. The van der Waals surface area contributed by atoms with Crippen LogP contribution >= 0.6 is 0 Å². The number of hydrogen-bond acceptors (Lipinski definition) is 4. The maximum atomic E-state index is 11.6. The van der Waals surface area contributed by atoms with Gasteiger partial charge >= 0.3 is 5.91 Å². The van der Waals surface area contributed by atoms with Gasteiger partial charge in [0, 0.05) is 24.3 Å². The lowest BCUT2D eigenvalue weighted by Gasteiger charge is -2.31. The molecule has 5 nitrogen and oxygen atoms in total. The molecule has 5 heteroatoms. The van der Waals surface area contributed by atoms with Gasteiger partial charge in [0.15, 0.2) is 5.76 Å². The SMILES string of the molecule is NNC(=O)c1occc1CN1CCCc2ccccc21. The molecular formula is C15H17N3O2. The highest BCUT2D eigenvalue weighted by Crippen LogP contribution is 2.28. The van der Waals surface area contributed by atoms with Gasteiger partial charge in [-0.15, -0.1) is 0 Å². The van der Waals surface area contributed by atoms with Crippen molar-refractivity contribution in [2.45, 2.75) is 19.4 Å². The molecule has 3 rings (SSSR count). The van der Waals surface area contributed by atoms with E-state index in [0.29, 0.717) is 6.54 Å². The van der Waals surface area contributed by atoms with E-state index in [9.17, 15) is 4.79 Å². The standard InChI is InChI=1S/C15H17N3O2/c16-17-15(19)14-12(7-9-20-14)10-18-8-3-5-11-4-1-2-6-13(11)18/h1-2,4,6-7,9H,3,5,8,10,16H2,(H,17,19). The molecule has 104 valence electrons. The summed E-state index contributed by atoms with van der Waals surface area (Å²) in [5, 5.41) is 0. The number of rotatable bonds is 3. The molecule has 2 aromatic rings. The Morgan fingerprint density at radius 1 is 1.35 bits per heavy atom. The summed E-state index contributed by atoms with van der Waals surface area (Å²) < 4.78 is 5.23. The van der Waals surface area contributed by atoms with Crippen LogP contribution in [0.4, 0.5) is 5.69 Å². The summed E-state index contributed by atoms with van der Waals surface area (Å²) in [7, 11) is 0. The second-order valence-corrected chi connectivity index (χ2v) is 4.90. The minimum Gasteiger partial charge on any atom is -0.459 e. The fourth-order valence-corrected chi connectivity index (χ4v) is 2.71. The zero-order chi connectivity index (χ0) is 13.9. The van der Waals surface area contributed by atoms with Gasteiger partial charge in [0.1, 0.15) is 0 Å². The lowest BCUT2D eigenvalue weighted by molar-refractivity contribution is 0.0924. The Bertz CT molecular complexity index is 621. The molecule has 0 radical (unpaired) electrons. The van der Waals surface area contributed by atoms with Crippen LogP contribution in [0.15, 0.2) is 41.0 Å². The van der Waals surface area contributed by atoms with Crippen LogP contribution in [0.25, 0.3) is 0 Å². The molecule has 0 atom stereocenters. The van der Waals surface area contributed by atoms with Crippen molar-refractivity contribution in [1.29, 1.82) is 0 Å². The predicted octanol–water partition coefficient (Wildman–Crippen LogP) is 1.84. The maximum absolute atomic E-state index is 11.6. The third-order valence-electron chi connectivity index (χ3n) is 3.65. The van der Waals surface area contributed by atoms with E-state index in [1.54, 1.807) is 0 Å². The monoisotopic (exact) mass is 271 g/mol. The van der Waals surface area contributed by atoms with E-state index in [1.807, 2.05) is 12.1 Å². The van der Waals surface area contributed by atoms with Crippen molar-refractivity contribution < 1.29 is 9.21 Å². The number of furan rings is 1. The van der Waals surface area contributed by atoms with Crippen LogP contribution in [-0.2, 0) is 13.0 Å². The van der Waals surface area contributed by atoms with Crippen LogP contribution in [0.1, 0.15) is 28.1 Å². The number of amides is 1. The average molecular weight is 271 g/mol. The van der Waals surface area contributed by atoms with E-state index in [1.165, 1.54) is 17.5 Å². The molecule has 0 fully saturated rings. The minimum atomic E-state index is -0.393. The number of carbonyl (C=O) groups excluding carboxylic acids is 1. The second kappa shape index (κ2) is 5.38. The van der Waals surface area contributed by atoms with E-state index in [0.717, 1.165) is 24.9 Å². The zero-order valence-corrected chi connectivity index (χ0v) is 11.1. The highest BCUT2D eigenvalue weighted by Gasteiger charge is 2.20. The number of nitrogen functional groups attached to an aromatic ring is 1. The fourth-order valence-electron chi connectivity index (χ4n) is 2.71. The lowest BCUT2D eigenvalue weighted by Crippen LogP contribution is -2.32. The van der Waals surface area contributed by atoms with E-state index >= 15 is 0 Å². The first-order valence-electron chi connectivity index (χ1n) is 6.70. The van der Waals surface area contributed by atoms with E-state index < -0.39 is 5.91 Å². The summed E-state index contributed by atoms with van der Waals surface area (Å²) in [6.07, 6.45) is 3.75. The van der Waals surface area contributed by atoms with Crippen LogP contribution in [0.2, 0.25) is 0 Å². The van der Waals surface area contributed by atoms with Gasteiger partial charge in [-0.05, 0) is 30.5 Å². The van der Waals surface area contributed by atoms with Crippen molar-refractivity contribution in [1.82, 2.24) is 5.43 Å². The lowest BCUT2D eigenvalue weighted by atomic mass is 10.0. The summed E-state index contributed by atoms with van der Waals surface area (Å²) in [6.45, 7) is 1.63. The Balaban J connectivity index is 1.86. The quantitative estimate of drug-likeness (QED) is 0.507. The third-order valence-corrected chi connectivity index (χ3v) is 3.65. The first-order chi connectivity index (χ1) is 9.79. The van der Waals surface area contributed by atoms with Crippen LogP contribution in [-0.4, -0.2) is 12.5 Å². The van der Waals surface area contributed by atoms with Gasteiger partial charge in [-0.2, -0.15) is 0 Å². The fraction of sp³-hybridized carbons (Fsp3) is 0.267. The van der Waals surface area contributed by atoms with Crippen molar-refractivity contribution in [2.24, 2.45) is 5.84 Å². The largest absolute Gasteiger partial charge is 0.459 e. The van der Waals surface area contributed by atoms with Gasteiger partial charge in [0.2, 0.25) is 0 Å². The molecule has 0 saturated heterocycles. The van der Waals surface area contributed by atoms with Gasteiger partial charge in [0.05, 0.1) is 6.26 Å². The van der Waals surface area contributed by atoms with E-state index in [2.05, 4.69) is 28.5 Å². The van der Waals surface area contributed by atoms with Gasteiger partial charge in [-0.1, -0.05) is 18.2 Å².